The monoisotopic (exact) mass is 912 g/mol. The molecule has 5 rings (SSSR count). The molecule has 0 radical (unpaired) electrons. The van der Waals surface area contributed by atoms with Gasteiger partial charge in [-0.3, -0.25) is 24.0 Å². The first kappa shape index (κ1) is 47.3. The quantitative estimate of drug-likeness (QED) is 0.0357. The molecule has 0 saturated carbocycles. The molecule has 0 spiro atoms. The van der Waals surface area contributed by atoms with E-state index in [1.54, 1.807) is 0 Å². The lowest BCUT2D eigenvalue weighted by Crippen LogP contribution is -2.86. The van der Waals surface area contributed by atoms with Crippen LogP contribution in [0.5, 0.6) is 86.2 Å². The Morgan fingerprint density at radius 3 is 0.708 bits per heavy atom. The van der Waals surface area contributed by atoms with Crippen molar-refractivity contribution in [3.8, 4) is 86.2 Å². The van der Waals surface area contributed by atoms with Gasteiger partial charge in [0.1, 0.15) is 0 Å². The number of rotatable bonds is 14. The number of hydrogen-bond acceptors (Lipinski definition) is 25. The van der Waals surface area contributed by atoms with Gasteiger partial charge in [-0.1, -0.05) is 0 Å². The fourth-order valence-electron chi connectivity index (χ4n) is 6.77. The van der Waals surface area contributed by atoms with Crippen LogP contribution in [0, 0.1) is 0 Å². The van der Waals surface area contributed by atoms with Gasteiger partial charge in [-0.15, -0.1) is 0 Å². The number of hydrogen-bond donors (Lipinski definition) is 20. The van der Waals surface area contributed by atoms with Gasteiger partial charge in [-0.05, 0) is 60.7 Å². The summed E-state index contributed by atoms with van der Waals surface area (Å²) in [5.41, 5.74) is -29.7. The summed E-state index contributed by atoms with van der Waals surface area (Å²) in [5, 5.41) is 216. The number of ketones is 5. The lowest BCUT2D eigenvalue weighted by Gasteiger charge is -2.53. The highest BCUT2D eigenvalue weighted by Crippen LogP contribution is 2.52. The van der Waals surface area contributed by atoms with E-state index < -0.39 is 172 Å². The molecule has 0 bridgehead atoms. The zero-order valence-corrected chi connectivity index (χ0v) is 32.0. The normalized spacial score (nSPS) is 14.4. The Morgan fingerprint density at radius 2 is 0.492 bits per heavy atom. The van der Waals surface area contributed by atoms with Crippen LogP contribution in [0.1, 0.15) is 51.8 Å². The van der Waals surface area contributed by atoms with Gasteiger partial charge in [0.2, 0.25) is 45.7 Å². The van der Waals surface area contributed by atoms with E-state index in [0.717, 1.165) is 0 Å². The number of aliphatic hydroxyl groups excluding tert-OH is 1. The number of aliphatic hydroxyl groups is 5. The highest BCUT2D eigenvalue weighted by Gasteiger charge is 2.81. The number of carbonyl (C=O) groups excluding carboxylic acids is 5. The third-order valence-electron chi connectivity index (χ3n) is 10.2. The van der Waals surface area contributed by atoms with Crippen LogP contribution in [0.2, 0.25) is 0 Å². The van der Waals surface area contributed by atoms with Gasteiger partial charge in [-0.25, -0.2) is 0 Å². The fraction of sp³-hybridized carbons (Fsp3) is 0.125. The maximum Gasteiger partial charge on any atom is 0.230 e. The van der Waals surface area contributed by atoms with Gasteiger partial charge in [0.15, 0.2) is 91.8 Å². The molecule has 0 fully saturated rings. The number of benzene rings is 5. The fourth-order valence-corrected chi connectivity index (χ4v) is 6.77. The maximum atomic E-state index is 15.3. The molecule has 0 aliphatic carbocycles. The highest BCUT2D eigenvalue weighted by atomic mass is 16.4. The van der Waals surface area contributed by atoms with Crippen LogP contribution in [0.4, 0.5) is 0 Å². The molecule has 0 aliphatic rings. The van der Waals surface area contributed by atoms with Crippen molar-refractivity contribution in [2.75, 3.05) is 6.61 Å². The number of phenols is 15. The molecule has 0 heterocycles. The van der Waals surface area contributed by atoms with Crippen LogP contribution in [-0.4, -0.2) is 160 Å². The second-order valence-electron chi connectivity index (χ2n) is 14.1. The summed E-state index contributed by atoms with van der Waals surface area (Å²) < 4.78 is 0. The lowest BCUT2D eigenvalue weighted by atomic mass is 9.54. The van der Waals surface area contributed by atoms with E-state index in [1.807, 2.05) is 0 Å². The maximum absolute atomic E-state index is 15.3. The summed E-state index contributed by atoms with van der Waals surface area (Å²) in [6.07, 6.45) is 0. The van der Waals surface area contributed by atoms with Crippen LogP contribution in [0.15, 0.2) is 60.7 Å². The van der Waals surface area contributed by atoms with Crippen molar-refractivity contribution >= 4 is 28.9 Å². The minimum atomic E-state index is -5.70. The highest BCUT2D eigenvalue weighted by molar-refractivity contribution is 6.31. The van der Waals surface area contributed by atoms with Crippen molar-refractivity contribution < 1.29 is 126 Å². The second-order valence-corrected chi connectivity index (χ2v) is 14.1. The van der Waals surface area contributed by atoms with Crippen molar-refractivity contribution in [1.29, 1.82) is 0 Å². The molecular weight excluding hydrogens is 880 g/mol. The van der Waals surface area contributed by atoms with Crippen molar-refractivity contribution in [2.24, 2.45) is 0 Å². The standard InChI is InChI=1S/C40H32O25/c41-11-37(62,32(57)12-1-17(42)27(52)18(43)2-12)39(64,35(60)15-7-23(48)30(55)24(49)8-15)40(65,36(61)16-9-25(50)31(56)26(51)10-16)38(63,33(58)13-3-19(44)28(53)20(45)4-13)34(59)14-5-21(46)29(54)22(47)6-14/h1-10,41-56,62-65H,11H2/t37-,39-,40-/m0/s1. The summed E-state index contributed by atoms with van der Waals surface area (Å²) in [5.74, 6) is -36.4. The molecule has 342 valence electrons. The van der Waals surface area contributed by atoms with Gasteiger partial charge >= 0.3 is 0 Å². The average Bonchev–Trinajstić information content (AvgIpc) is 3.26. The Bertz CT molecular complexity index is 2700. The van der Waals surface area contributed by atoms with Crippen molar-refractivity contribution in [1.82, 2.24) is 0 Å². The first-order valence-corrected chi connectivity index (χ1v) is 17.5. The number of phenolic OH excluding ortho intramolecular Hbond substituents is 15. The Balaban J connectivity index is 2.14. The predicted molar refractivity (Wildman–Crippen MR) is 206 cm³/mol. The Morgan fingerprint density at radius 1 is 0.308 bits per heavy atom. The van der Waals surface area contributed by atoms with Gasteiger partial charge < -0.3 is 102 Å². The summed E-state index contributed by atoms with van der Waals surface area (Å²) in [6.45, 7) is -2.63. The van der Waals surface area contributed by atoms with E-state index in [2.05, 4.69) is 0 Å². The van der Waals surface area contributed by atoms with Gasteiger partial charge in [0.05, 0.1) is 6.61 Å². The second kappa shape index (κ2) is 15.9. The minimum absolute atomic E-state index is 0.00682. The first-order valence-electron chi connectivity index (χ1n) is 17.5. The third kappa shape index (κ3) is 6.85. The average molecular weight is 913 g/mol. The minimum Gasteiger partial charge on any atom is -0.504 e. The molecule has 25 heteroatoms. The van der Waals surface area contributed by atoms with Crippen molar-refractivity contribution in [2.45, 2.75) is 22.4 Å². The van der Waals surface area contributed by atoms with E-state index in [1.165, 1.54) is 0 Å². The number of Topliss-reactive ketones (excluding diaryl/α,β-unsaturated/α-hetero) is 5. The van der Waals surface area contributed by atoms with E-state index in [-0.39, 0.29) is 60.7 Å². The Labute approximate surface area is 358 Å². The Kier molecular flexibility index (Phi) is 11.5. The lowest BCUT2D eigenvalue weighted by molar-refractivity contribution is -0.224. The zero-order chi connectivity index (χ0) is 49.2. The Hall–Kier alpha value is -8.75. The molecule has 5 aromatic carbocycles. The topological polar surface area (TPSA) is 490 Å². The van der Waals surface area contributed by atoms with Crippen molar-refractivity contribution in [3.05, 3.63) is 88.5 Å². The van der Waals surface area contributed by atoms with Crippen molar-refractivity contribution in [3.63, 3.8) is 0 Å². The summed E-state index contributed by atoms with van der Waals surface area (Å²) in [4.78, 5) is 74.9. The third-order valence-corrected chi connectivity index (χ3v) is 10.2. The SMILES string of the molecule is O=C(c1cc(O)c(O)c(O)c1)C(O)(C(=O)c1cc(O)c(O)c(O)c1)[C@@](O)(C(=O)c1cc(O)c(O)c(O)c1)[C@](O)(C(=O)c1cc(O)c(O)c(O)c1)[C@](O)(CO)C(=O)c1cc(O)c(O)c(O)c1. The van der Waals surface area contributed by atoms with E-state index >= 15 is 9.59 Å². The van der Waals surface area contributed by atoms with E-state index in [0.29, 0.717) is 0 Å². The molecule has 65 heavy (non-hydrogen) atoms. The van der Waals surface area contributed by atoms with Crippen LogP contribution in [0.3, 0.4) is 0 Å². The smallest absolute Gasteiger partial charge is 0.230 e. The molecule has 3 atom stereocenters. The predicted octanol–water partition coefficient (Wildman–Crippen LogP) is -1.10. The molecule has 0 unspecified atom stereocenters. The molecule has 0 amide bonds. The zero-order valence-electron chi connectivity index (χ0n) is 32.0. The van der Waals surface area contributed by atoms with E-state index in [4.69, 9.17) is 0 Å². The van der Waals surface area contributed by atoms with Crippen LogP contribution < -0.4 is 0 Å². The molecule has 0 aromatic heterocycles. The number of aromatic hydroxyl groups is 15. The van der Waals surface area contributed by atoms with Gasteiger partial charge in [-0.2, -0.15) is 0 Å². The summed E-state index contributed by atoms with van der Waals surface area (Å²) in [6, 6.07) is 0.441. The van der Waals surface area contributed by atoms with Gasteiger partial charge in [0, 0.05) is 27.8 Å². The molecule has 20 N–H and O–H groups in total. The molecule has 25 nitrogen and oxygen atoms in total. The molecular formula is C40H32O25. The van der Waals surface area contributed by atoms with E-state index in [9.17, 15) is 117 Å². The summed E-state index contributed by atoms with van der Waals surface area (Å²) >= 11 is 0. The molecule has 5 aromatic rings. The molecule has 0 aliphatic heterocycles. The summed E-state index contributed by atoms with van der Waals surface area (Å²) in [7, 11) is 0. The first-order chi connectivity index (χ1) is 30.0. The van der Waals surface area contributed by atoms with Crippen LogP contribution in [-0.2, 0) is 0 Å². The number of carbonyl (C=O) groups is 5. The van der Waals surface area contributed by atoms with Gasteiger partial charge in [0.25, 0.3) is 0 Å². The van der Waals surface area contributed by atoms with Crippen LogP contribution >= 0.6 is 0 Å². The van der Waals surface area contributed by atoms with Crippen LogP contribution in [0.25, 0.3) is 0 Å². The largest absolute Gasteiger partial charge is 0.504 e. The molecule has 0 saturated heterocycles.